The van der Waals surface area contributed by atoms with Crippen LogP contribution in [0, 0.1) is 0 Å². The van der Waals surface area contributed by atoms with Gasteiger partial charge in [-0.3, -0.25) is 0 Å². The molecule has 0 heterocycles. The van der Waals surface area contributed by atoms with Crippen LogP contribution in [0.15, 0.2) is 61.2 Å². The molecule has 0 fully saturated rings. The average molecular weight is 250 g/mol. The first-order chi connectivity index (χ1) is 9.27. The molecule has 96 valence electrons. The van der Waals surface area contributed by atoms with Crippen molar-refractivity contribution in [3.8, 4) is 11.1 Å². The molecule has 0 aliphatic heterocycles. The zero-order chi connectivity index (χ0) is 13.3. The highest BCUT2D eigenvalue weighted by Gasteiger charge is 2.39. The van der Waals surface area contributed by atoms with Crippen LogP contribution in [0.4, 0.5) is 0 Å². The summed E-state index contributed by atoms with van der Waals surface area (Å²) in [5.41, 5.74) is 4.77. The quantitative estimate of drug-likeness (QED) is 0.572. The lowest BCUT2D eigenvalue weighted by molar-refractivity contribution is 0.00198. The minimum absolute atomic E-state index is 0.337. The van der Waals surface area contributed by atoms with E-state index < -0.39 is 0 Å². The van der Waals surface area contributed by atoms with Gasteiger partial charge >= 0.3 is 0 Å². The standard InChI is InChI=1S/C18H18O/c1-3-4-13-19-18(2)16-11-7-5-9-14(16)15-10-6-8-12-17(15)18/h3,5-12H,1,4,13H2,2H3. The number of hydrogen-bond donors (Lipinski definition) is 0. The van der Waals surface area contributed by atoms with Crippen molar-refractivity contribution in [1.82, 2.24) is 0 Å². The van der Waals surface area contributed by atoms with Crippen molar-refractivity contribution >= 4 is 0 Å². The number of hydrogen-bond acceptors (Lipinski definition) is 1. The number of benzene rings is 2. The van der Waals surface area contributed by atoms with Crippen LogP contribution in [0.5, 0.6) is 0 Å². The summed E-state index contributed by atoms with van der Waals surface area (Å²) in [4.78, 5) is 0. The fraction of sp³-hybridized carbons (Fsp3) is 0.222. The van der Waals surface area contributed by atoms with E-state index in [1.165, 1.54) is 22.3 Å². The smallest absolute Gasteiger partial charge is 0.116 e. The SMILES string of the molecule is C=CCCOC1(C)c2ccccc2-c2ccccc21. The van der Waals surface area contributed by atoms with E-state index in [2.05, 4.69) is 62.0 Å². The van der Waals surface area contributed by atoms with Gasteiger partial charge in [0.25, 0.3) is 0 Å². The summed E-state index contributed by atoms with van der Waals surface area (Å²) in [6.07, 6.45) is 2.77. The molecule has 0 atom stereocenters. The Morgan fingerprint density at radius 1 is 1.00 bits per heavy atom. The lowest BCUT2D eigenvalue weighted by Crippen LogP contribution is -2.25. The molecule has 0 aromatic heterocycles. The minimum atomic E-state index is -0.337. The predicted molar refractivity (Wildman–Crippen MR) is 79.1 cm³/mol. The molecule has 1 heteroatoms. The molecule has 0 bridgehead atoms. The third-order valence-electron chi connectivity index (χ3n) is 3.88. The van der Waals surface area contributed by atoms with Crippen LogP contribution in [-0.2, 0) is 10.3 Å². The summed E-state index contributed by atoms with van der Waals surface area (Å²) >= 11 is 0. The molecule has 0 N–H and O–H groups in total. The van der Waals surface area contributed by atoms with Crippen LogP contribution < -0.4 is 0 Å². The van der Waals surface area contributed by atoms with Crippen LogP contribution in [-0.4, -0.2) is 6.61 Å². The average Bonchev–Trinajstić information content (AvgIpc) is 2.71. The Labute approximate surface area is 114 Å². The van der Waals surface area contributed by atoms with Crippen LogP contribution in [0.3, 0.4) is 0 Å². The second-order valence-corrected chi connectivity index (χ2v) is 5.05. The van der Waals surface area contributed by atoms with Crippen molar-refractivity contribution in [2.24, 2.45) is 0 Å². The van der Waals surface area contributed by atoms with E-state index in [-0.39, 0.29) is 5.60 Å². The van der Waals surface area contributed by atoms with Crippen LogP contribution in [0.2, 0.25) is 0 Å². The molecule has 0 amide bonds. The normalized spacial score (nSPS) is 14.8. The zero-order valence-electron chi connectivity index (χ0n) is 11.2. The first kappa shape index (κ1) is 12.2. The molecule has 0 saturated heterocycles. The Hall–Kier alpha value is -1.86. The van der Waals surface area contributed by atoms with Crippen LogP contribution >= 0.6 is 0 Å². The van der Waals surface area contributed by atoms with Gasteiger partial charge in [0.15, 0.2) is 0 Å². The van der Waals surface area contributed by atoms with Crippen LogP contribution in [0.25, 0.3) is 11.1 Å². The molecule has 2 aromatic rings. The van der Waals surface area contributed by atoms with E-state index in [0.717, 1.165) is 6.42 Å². The summed E-state index contributed by atoms with van der Waals surface area (Å²) in [7, 11) is 0. The van der Waals surface area contributed by atoms with Gasteiger partial charge in [-0.05, 0) is 35.6 Å². The van der Waals surface area contributed by atoms with Crippen molar-refractivity contribution < 1.29 is 4.74 Å². The maximum absolute atomic E-state index is 6.21. The minimum Gasteiger partial charge on any atom is -0.365 e. The van der Waals surface area contributed by atoms with Gasteiger partial charge in [-0.2, -0.15) is 0 Å². The molecule has 0 unspecified atom stereocenters. The van der Waals surface area contributed by atoms with Gasteiger partial charge in [0, 0.05) is 0 Å². The summed E-state index contributed by atoms with van der Waals surface area (Å²) in [5.74, 6) is 0. The van der Waals surface area contributed by atoms with Gasteiger partial charge < -0.3 is 4.74 Å². The lowest BCUT2D eigenvalue weighted by atomic mass is 9.93. The first-order valence-corrected chi connectivity index (χ1v) is 6.71. The third-order valence-corrected chi connectivity index (χ3v) is 3.88. The Balaban J connectivity index is 2.11. The fourth-order valence-corrected chi connectivity index (χ4v) is 2.91. The van der Waals surface area contributed by atoms with E-state index in [1.807, 2.05) is 6.08 Å². The van der Waals surface area contributed by atoms with Crippen molar-refractivity contribution in [2.75, 3.05) is 6.61 Å². The molecule has 1 aliphatic rings. The molecular weight excluding hydrogens is 232 g/mol. The van der Waals surface area contributed by atoms with Crippen molar-refractivity contribution in [3.05, 3.63) is 72.3 Å². The maximum Gasteiger partial charge on any atom is 0.116 e. The molecule has 0 spiro atoms. The zero-order valence-corrected chi connectivity index (χ0v) is 11.2. The Bertz CT molecular complexity index is 567. The second-order valence-electron chi connectivity index (χ2n) is 5.05. The predicted octanol–water partition coefficient (Wildman–Crippen LogP) is 4.52. The molecule has 2 aromatic carbocycles. The van der Waals surface area contributed by atoms with Gasteiger partial charge in [-0.15, -0.1) is 6.58 Å². The largest absolute Gasteiger partial charge is 0.365 e. The summed E-state index contributed by atoms with van der Waals surface area (Å²) in [5, 5.41) is 0. The molecular formula is C18H18O. The fourth-order valence-electron chi connectivity index (χ4n) is 2.91. The van der Waals surface area contributed by atoms with Gasteiger partial charge in [-0.1, -0.05) is 54.6 Å². The lowest BCUT2D eigenvalue weighted by Gasteiger charge is -2.27. The Morgan fingerprint density at radius 3 is 2.05 bits per heavy atom. The monoisotopic (exact) mass is 250 g/mol. The number of rotatable bonds is 4. The van der Waals surface area contributed by atoms with E-state index in [4.69, 9.17) is 4.74 Å². The summed E-state index contributed by atoms with van der Waals surface area (Å²) < 4.78 is 6.21. The topological polar surface area (TPSA) is 9.23 Å². The van der Waals surface area contributed by atoms with Crippen LogP contribution in [0.1, 0.15) is 24.5 Å². The van der Waals surface area contributed by atoms with E-state index >= 15 is 0 Å². The first-order valence-electron chi connectivity index (χ1n) is 6.71. The second kappa shape index (κ2) is 4.67. The van der Waals surface area contributed by atoms with Gasteiger partial charge in [0.1, 0.15) is 5.60 Å². The number of ether oxygens (including phenoxy) is 1. The molecule has 1 nitrogen and oxygen atoms in total. The van der Waals surface area contributed by atoms with Crippen molar-refractivity contribution in [1.29, 1.82) is 0 Å². The van der Waals surface area contributed by atoms with Gasteiger partial charge in [0.2, 0.25) is 0 Å². The highest BCUT2D eigenvalue weighted by Crippen LogP contribution is 2.49. The molecule has 0 saturated carbocycles. The summed E-state index contributed by atoms with van der Waals surface area (Å²) in [6.45, 7) is 6.62. The van der Waals surface area contributed by atoms with E-state index in [9.17, 15) is 0 Å². The molecule has 19 heavy (non-hydrogen) atoms. The van der Waals surface area contributed by atoms with E-state index in [1.54, 1.807) is 0 Å². The molecule has 0 radical (unpaired) electrons. The molecule has 1 aliphatic carbocycles. The maximum atomic E-state index is 6.21. The van der Waals surface area contributed by atoms with Crippen molar-refractivity contribution in [2.45, 2.75) is 18.9 Å². The van der Waals surface area contributed by atoms with Gasteiger partial charge in [0.05, 0.1) is 6.61 Å². The van der Waals surface area contributed by atoms with Crippen molar-refractivity contribution in [3.63, 3.8) is 0 Å². The summed E-state index contributed by atoms with van der Waals surface area (Å²) in [6, 6.07) is 17.0. The Kier molecular flexibility index (Phi) is 3.00. The highest BCUT2D eigenvalue weighted by molar-refractivity contribution is 5.79. The third kappa shape index (κ3) is 1.82. The number of fused-ring (bicyclic) bond motifs is 3. The molecule has 3 rings (SSSR count). The Morgan fingerprint density at radius 2 is 1.53 bits per heavy atom. The highest BCUT2D eigenvalue weighted by atomic mass is 16.5. The van der Waals surface area contributed by atoms with E-state index in [0.29, 0.717) is 6.61 Å². The van der Waals surface area contributed by atoms with Gasteiger partial charge in [-0.25, -0.2) is 0 Å².